The Morgan fingerprint density at radius 3 is 1.82 bits per heavy atom. The van der Waals surface area contributed by atoms with Gasteiger partial charge >= 0.3 is 0 Å². The molecule has 0 aliphatic heterocycles. The van der Waals surface area contributed by atoms with E-state index < -0.39 is 0 Å². The fourth-order valence-corrected chi connectivity index (χ4v) is 13.7. The fourth-order valence-electron chi connectivity index (χ4n) is 12.5. The van der Waals surface area contributed by atoms with Crippen molar-refractivity contribution in [1.82, 2.24) is 9.55 Å². The molecule has 3 heteroatoms. The van der Waals surface area contributed by atoms with E-state index in [0.29, 0.717) is 5.92 Å². The first-order valence-electron chi connectivity index (χ1n) is 25.6. The van der Waals surface area contributed by atoms with Crippen molar-refractivity contribution in [1.29, 1.82) is 0 Å². The maximum atomic E-state index is 5.68. The molecule has 0 saturated heterocycles. The Morgan fingerprint density at radius 2 is 1.10 bits per heavy atom. The van der Waals surface area contributed by atoms with Crippen LogP contribution < -0.4 is 0 Å². The lowest BCUT2D eigenvalue weighted by atomic mass is 9.87. The summed E-state index contributed by atoms with van der Waals surface area (Å²) in [4.78, 5) is 5.68. The number of thiophene rings is 1. The van der Waals surface area contributed by atoms with Crippen molar-refractivity contribution in [3.05, 3.63) is 247 Å². The van der Waals surface area contributed by atoms with Crippen LogP contribution in [0.4, 0.5) is 0 Å². The van der Waals surface area contributed by atoms with Crippen LogP contribution in [-0.2, 0) is 12.8 Å². The van der Waals surface area contributed by atoms with Crippen molar-refractivity contribution < 1.29 is 0 Å². The molecule has 0 bridgehead atoms. The van der Waals surface area contributed by atoms with Gasteiger partial charge in [0.15, 0.2) is 0 Å². The van der Waals surface area contributed by atoms with E-state index in [4.69, 9.17) is 4.98 Å². The van der Waals surface area contributed by atoms with Gasteiger partial charge in [-0.05, 0) is 175 Å². The Kier molecular flexibility index (Phi) is 9.56. The predicted molar refractivity (Wildman–Crippen MR) is 308 cm³/mol. The van der Waals surface area contributed by atoms with Gasteiger partial charge in [-0.3, -0.25) is 4.98 Å². The summed E-state index contributed by atoms with van der Waals surface area (Å²) < 4.78 is 5.06. The van der Waals surface area contributed by atoms with Crippen LogP contribution in [0.2, 0.25) is 0 Å². The second-order valence-corrected chi connectivity index (χ2v) is 21.0. The number of pyridine rings is 1. The number of nitrogens with zero attached hydrogens (tertiary/aromatic N) is 2. The highest BCUT2D eigenvalue weighted by Crippen LogP contribution is 2.46. The summed E-state index contributed by atoms with van der Waals surface area (Å²) in [6, 6.07) is 77.5. The Balaban J connectivity index is 0.839. The van der Waals surface area contributed by atoms with Gasteiger partial charge in [0.05, 0.1) is 21.4 Å². The first-order chi connectivity index (χ1) is 35.7. The van der Waals surface area contributed by atoms with Crippen LogP contribution in [0.3, 0.4) is 0 Å². The Bertz CT molecular complexity index is 4360. The van der Waals surface area contributed by atoms with Crippen LogP contribution in [-0.4, -0.2) is 9.55 Å². The van der Waals surface area contributed by atoms with Crippen LogP contribution in [0.5, 0.6) is 0 Å². The van der Waals surface area contributed by atoms with Gasteiger partial charge in [-0.25, -0.2) is 0 Å². The van der Waals surface area contributed by atoms with Crippen LogP contribution >= 0.6 is 11.3 Å². The second kappa shape index (κ2) is 16.6. The smallest absolute Gasteiger partial charge is 0.0843 e. The largest absolute Gasteiger partial charge is 0.309 e. The highest BCUT2D eigenvalue weighted by molar-refractivity contribution is 7.26. The molecule has 0 spiro atoms. The van der Waals surface area contributed by atoms with Crippen LogP contribution in [0, 0.1) is 0 Å². The van der Waals surface area contributed by atoms with Gasteiger partial charge in [0.25, 0.3) is 0 Å². The van der Waals surface area contributed by atoms with Gasteiger partial charge in [0, 0.05) is 37.6 Å². The topological polar surface area (TPSA) is 17.8 Å². The van der Waals surface area contributed by atoms with E-state index in [1.807, 2.05) is 11.3 Å². The number of aryl methyl sites for hydroxylation is 1. The molecule has 15 rings (SSSR count). The number of benzene rings is 10. The number of hydrogen-bond acceptors (Lipinski definition) is 2. The third kappa shape index (κ3) is 6.65. The third-order valence-electron chi connectivity index (χ3n) is 15.9. The van der Waals surface area contributed by atoms with Crippen molar-refractivity contribution in [2.75, 3.05) is 0 Å². The molecule has 3 heterocycles. The average Bonchev–Trinajstić information content (AvgIpc) is 3.94. The highest BCUT2D eigenvalue weighted by Gasteiger charge is 2.26. The van der Waals surface area contributed by atoms with Gasteiger partial charge in [0.1, 0.15) is 0 Å². The molecule has 0 fully saturated rings. The zero-order valence-corrected chi connectivity index (χ0v) is 40.6. The van der Waals surface area contributed by atoms with Crippen molar-refractivity contribution in [3.8, 4) is 39.1 Å². The summed E-state index contributed by atoms with van der Waals surface area (Å²) in [6.07, 6.45) is 11.8. The molecule has 1 atom stereocenters. The molecule has 3 aromatic heterocycles. The van der Waals surface area contributed by atoms with Gasteiger partial charge < -0.3 is 4.57 Å². The summed E-state index contributed by atoms with van der Waals surface area (Å²) in [5.41, 5.74) is 17.8. The molecule has 0 saturated carbocycles. The van der Waals surface area contributed by atoms with Gasteiger partial charge in [-0.1, -0.05) is 170 Å². The van der Waals surface area contributed by atoms with E-state index in [1.165, 1.54) is 136 Å². The average molecular weight is 937 g/mol. The number of aromatic nitrogens is 2. The summed E-state index contributed by atoms with van der Waals surface area (Å²) in [5, 5.41) is 13.0. The minimum absolute atomic E-state index is 0.299. The molecule has 13 aromatic rings. The molecular formula is C69H48N2S. The molecule has 2 aliphatic carbocycles. The summed E-state index contributed by atoms with van der Waals surface area (Å²) in [5.74, 6) is 0.299. The summed E-state index contributed by atoms with van der Waals surface area (Å²) in [7, 11) is 0. The normalized spacial score (nSPS) is 14.7. The number of para-hydroxylation sites is 2. The van der Waals surface area contributed by atoms with Crippen LogP contribution in [0.15, 0.2) is 224 Å². The van der Waals surface area contributed by atoms with Crippen LogP contribution in [0.1, 0.15) is 47.7 Å². The monoisotopic (exact) mass is 936 g/mol. The first-order valence-corrected chi connectivity index (χ1v) is 26.4. The Morgan fingerprint density at radius 1 is 0.472 bits per heavy atom. The van der Waals surface area contributed by atoms with E-state index in [-0.39, 0.29) is 0 Å². The lowest BCUT2D eigenvalue weighted by Crippen LogP contribution is -2.07. The first kappa shape index (κ1) is 41.4. The molecule has 1 unspecified atom stereocenters. The molecular weight excluding hydrogens is 889 g/mol. The number of rotatable bonds is 6. The lowest BCUT2D eigenvalue weighted by Gasteiger charge is -2.20. The van der Waals surface area contributed by atoms with Gasteiger partial charge in [-0.2, -0.15) is 0 Å². The summed E-state index contributed by atoms with van der Waals surface area (Å²) in [6.45, 7) is 0. The molecule has 0 N–H and O–H groups in total. The highest BCUT2D eigenvalue weighted by atomic mass is 32.1. The SMILES string of the molecule is C1=CCCC(c2nc(CC3CCc4ccccc4-c4cc(-n5c6ccccc6c6ccccc65)ccc43)cc3c2sc2ccc(-c4cccc(-c5ccc6c7ccccc7c7ccccc7c6c5)c4)cc23)=C1. The number of allylic oxidation sites excluding steroid dienone is 4. The molecule has 0 radical (unpaired) electrons. The molecule has 2 aliphatic rings. The minimum Gasteiger partial charge on any atom is -0.309 e. The third-order valence-corrected chi connectivity index (χ3v) is 17.1. The van der Waals surface area contributed by atoms with Gasteiger partial charge in [-0.15, -0.1) is 11.3 Å². The minimum atomic E-state index is 0.299. The zero-order valence-electron chi connectivity index (χ0n) is 39.8. The van der Waals surface area contributed by atoms with Crippen molar-refractivity contribution in [3.63, 3.8) is 0 Å². The summed E-state index contributed by atoms with van der Waals surface area (Å²) >= 11 is 1.90. The maximum Gasteiger partial charge on any atom is 0.0843 e. The van der Waals surface area contributed by atoms with E-state index in [1.54, 1.807) is 0 Å². The fraction of sp³-hybridized carbons (Fsp3) is 0.0870. The zero-order chi connectivity index (χ0) is 47.3. The molecule has 2 nitrogen and oxygen atoms in total. The van der Waals surface area contributed by atoms with E-state index in [0.717, 1.165) is 37.8 Å². The molecule has 340 valence electrons. The molecule has 72 heavy (non-hydrogen) atoms. The van der Waals surface area contributed by atoms with Crippen LogP contribution in [0.25, 0.3) is 119 Å². The number of hydrogen-bond donors (Lipinski definition) is 0. The van der Waals surface area contributed by atoms with Crippen molar-refractivity contribution in [2.45, 2.75) is 38.0 Å². The van der Waals surface area contributed by atoms with Gasteiger partial charge in [0.2, 0.25) is 0 Å². The van der Waals surface area contributed by atoms with E-state index in [2.05, 4.69) is 229 Å². The van der Waals surface area contributed by atoms with E-state index in [9.17, 15) is 0 Å². The van der Waals surface area contributed by atoms with E-state index >= 15 is 0 Å². The number of fused-ring (bicyclic) bond motifs is 15. The molecule has 0 amide bonds. The van der Waals surface area contributed by atoms with Crippen molar-refractivity contribution in [2.24, 2.45) is 0 Å². The second-order valence-electron chi connectivity index (χ2n) is 20.0. The van der Waals surface area contributed by atoms with Crippen molar-refractivity contribution >= 4 is 91.2 Å². The maximum absolute atomic E-state index is 5.68. The Hall–Kier alpha value is -8.37. The molecule has 10 aromatic carbocycles. The Labute approximate surface area is 422 Å². The quantitative estimate of drug-likeness (QED) is 0.152. The standard InChI is InChI=1S/C69H48N2S/c1-2-16-44(17-3-1)68-69-64(63-40-48(32-36-67(63)72-69)46-19-14-18-45(37-46)47-31-34-58-56-23-7-6-21-54(56)55-22-8-9-24-57(55)61(58)39-47)41-50(70-68)38-49-30-29-43-15-4-5-20-52(43)62-42-51(33-35-53(49)62)71-65-27-12-10-25-59(65)60-26-11-13-28-66(60)71/h1-2,4-16,18-28,31-37,39-42,49H,3,17,29-30,38H2. The predicted octanol–water partition coefficient (Wildman–Crippen LogP) is 19.0. The lowest BCUT2D eigenvalue weighted by molar-refractivity contribution is 0.620.